The number of alkyl halides is 3. The molecule has 9 heteroatoms. The first kappa shape index (κ1) is 32.9. The third-order valence-corrected chi connectivity index (χ3v) is 14.9. The molecule has 1 spiro atoms. The van der Waals surface area contributed by atoms with E-state index in [0.717, 1.165) is 59.8 Å². The number of rotatable bonds is 6. The average molecular weight is 627 g/mol. The highest BCUT2D eigenvalue weighted by Gasteiger charge is 2.49. The van der Waals surface area contributed by atoms with Crippen LogP contribution in [0.2, 0.25) is 18.1 Å². The van der Waals surface area contributed by atoms with Crippen molar-refractivity contribution in [2.75, 3.05) is 13.2 Å². The third kappa shape index (κ3) is 6.03. The fraction of sp³-hybridized carbons (Fsp3) is 0.600. The van der Waals surface area contributed by atoms with Gasteiger partial charge in [-0.3, -0.25) is 4.98 Å². The zero-order valence-electron chi connectivity index (χ0n) is 27.0. The zero-order valence-corrected chi connectivity index (χ0v) is 28.0. The second kappa shape index (κ2) is 11.7. The molecule has 5 rings (SSSR count). The highest BCUT2D eigenvalue weighted by molar-refractivity contribution is 6.74. The van der Waals surface area contributed by atoms with Gasteiger partial charge in [0.2, 0.25) is 0 Å². The molecule has 1 aliphatic heterocycles. The Kier molecular flexibility index (Phi) is 8.73. The number of halogens is 3. The van der Waals surface area contributed by atoms with Crippen molar-refractivity contribution in [1.29, 1.82) is 5.26 Å². The SMILES string of the molecule is CC(C)c1nc2c(c(C3=CCOCC3)c1C(O)c1ccc(C(F)(F)F)c(C#N)c1)C(O[Si](C)(C)C(C)(C)C)CC1(CCC1)C2. The first-order valence-corrected chi connectivity index (χ1v) is 18.7. The highest BCUT2D eigenvalue weighted by Crippen LogP contribution is 2.57. The quantitative estimate of drug-likeness (QED) is 0.324. The first-order chi connectivity index (χ1) is 20.5. The Morgan fingerprint density at radius 2 is 1.89 bits per heavy atom. The number of nitriles is 1. The minimum Gasteiger partial charge on any atom is -0.410 e. The van der Waals surface area contributed by atoms with Crippen molar-refractivity contribution in [3.05, 3.63) is 69.0 Å². The van der Waals surface area contributed by atoms with Gasteiger partial charge in [-0.05, 0) is 90.4 Å². The molecule has 2 aromatic rings. The van der Waals surface area contributed by atoms with Crippen LogP contribution in [0.5, 0.6) is 0 Å². The van der Waals surface area contributed by atoms with E-state index in [1.807, 2.05) is 13.8 Å². The van der Waals surface area contributed by atoms with Crippen molar-refractivity contribution in [3.8, 4) is 6.07 Å². The molecule has 5 nitrogen and oxygen atoms in total. The molecule has 2 heterocycles. The van der Waals surface area contributed by atoms with Gasteiger partial charge < -0.3 is 14.3 Å². The number of hydrogen-bond donors (Lipinski definition) is 1. The second-order valence-electron chi connectivity index (χ2n) is 14.8. The van der Waals surface area contributed by atoms with Gasteiger partial charge in [-0.15, -0.1) is 0 Å². The lowest BCUT2D eigenvalue weighted by molar-refractivity contribution is -0.137. The van der Waals surface area contributed by atoms with Gasteiger partial charge in [0.25, 0.3) is 0 Å². The van der Waals surface area contributed by atoms with E-state index < -0.39 is 31.7 Å². The maximum atomic E-state index is 13.7. The van der Waals surface area contributed by atoms with Crippen molar-refractivity contribution in [2.45, 2.75) is 116 Å². The molecule has 0 radical (unpaired) electrons. The molecule has 1 fully saturated rings. The molecule has 2 unspecified atom stereocenters. The maximum absolute atomic E-state index is 13.7. The van der Waals surface area contributed by atoms with E-state index in [2.05, 4.69) is 39.9 Å². The fourth-order valence-electron chi connectivity index (χ4n) is 6.83. The monoisotopic (exact) mass is 626 g/mol. The summed E-state index contributed by atoms with van der Waals surface area (Å²) in [6, 6.07) is 5.05. The Morgan fingerprint density at radius 3 is 2.41 bits per heavy atom. The van der Waals surface area contributed by atoms with E-state index in [1.54, 1.807) is 6.07 Å². The Balaban J connectivity index is 1.78. The van der Waals surface area contributed by atoms with Gasteiger partial charge in [0.1, 0.15) is 6.10 Å². The van der Waals surface area contributed by atoms with Crippen LogP contribution in [0.3, 0.4) is 0 Å². The van der Waals surface area contributed by atoms with E-state index in [-0.39, 0.29) is 28.0 Å². The van der Waals surface area contributed by atoms with Crippen molar-refractivity contribution < 1.29 is 27.4 Å². The van der Waals surface area contributed by atoms with E-state index in [4.69, 9.17) is 14.1 Å². The molecular formula is C35H45F3N2O3Si. The summed E-state index contributed by atoms with van der Waals surface area (Å²) < 4.78 is 53.9. The summed E-state index contributed by atoms with van der Waals surface area (Å²) in [5.41, 5.74) is 4.20. The van der Waals surface area contributed by atoms with Gasteiger partial charge >= 0.3 is 6.18 Å². The lowest BCUT2D eigenvalue weighted by Gasteiger charge is -2.51. The van der Waals surface area contributed by atoms with Gasteiger partial charge in [-0.25, -0.2) is 0 Å². The molecular weight excluding hydrogens is 581 g/mol. The molecule has 1 saturated carbocycles. The minimum absolute atomic E-state index is 0.0168. The smallest absolute Gasteiger partial charge is 0.410 e. The van der Waals surface area contributed by atoms with Crippen LogP contribution in [0, 0.1) is 16.7 Å². The first-order valence-electron chi connectivity index (χ1n) is 15.8. The summed E-state index contributed by atoms with van der Waals surface area (Å²) in [7, 11) is -2.24. The fourth-order valence-corrected chi connectivity index (χ4v) is 8.10. The summed E-state index contributed by atoms with van der Waals surface area (Å²) in [5.74, 6) is -0.0620. The molecule has 2 atom stereocenters. The summed E-state index contributed by atoms with van der Waals surface area (Å²) in [6.45, 7) is 16.3. The van der Waals surface area contributed by atoms with Crippen LogP contribution in [0.25, 0.3) is 5.57 Å². The van der Waals surface area contributed by atoms with Gasteiger partial charge in [-0.1, -0.05) is 53.2 Å². The van der Waals surface area contributed by atoms with Crippen LogP contribution >= 0.6 is 0 Å². The predicted octanol–water partition coefficient (Wildman–Crippen LogP) is 9.16. The highest BCUT2D eigenvalue weighted by atomic mass is 28.4. The summed E-state index contributed by atoms with van der Waals surface area (Å²) in [4.78, 5) is 5.31. The number of aromatic nitrogens is 1. The Labute approximate surface area is 260 Å². The topological polar surface area (TPSA) is 75.4 Å². The molecule has 44 heavy (non-hydrogen) atoms. The van der Waals surface area contributed by atoms with Gasteiger partial charge in [0, 0.05) is 22.5 Å². The Morgan fingerprint density at radius 1 is 1.18 bits per heavy atom. The number of nitrogens with zero attached hydrogens (tertiary/aromatic N) is 2. The predicted molar refractivity (Wildman–Crippen MR) is 168 cm³/mol. The second-order valence-corrected chi connectivity index (χ2v) is 19.5. The number of aliphatic hydroxyl groups is 1. The van der Waals surface area contributed by atoms with Crippen molar-refractivity contribution in [1.82, 2.24) is 4.98 Å². The molecule has 0 amide bonds. The Bertz CT molecular complexity index is 1500. The number of fused-ring (bicyclic) bond motifs is 1. The molecule has 3 aliphatic rings. The summed E-state index contributed by atoms with van der Waals surface area (Å²) >= 11 is 0. The van der Waals surface area contributed by atoms with E-state index >= 15 is 0 Å². The van der Waals surface area contributed by atoms with Crippen LogP contribution < -0.4 is 0 Å². The molecule has 2 aliphatic carbocycles. The minimum atomic E-state index is -4.67. The van der Waals surface area contributed by atoms with Crippen molar-refractivity contribution >= 4 is 13.9 Å². The molecule has 1 N–H and O–H groups in total. The van der Waals surface area contributed by atoms with Crippen LogP contribution in [-0.2, 0) is 21.8 Å². The van der Waals surface area contributed by atoms with Gasteiger partial charge in [0.15, 0.2) is 8.32 Å². The summed E-state index contributed by atoms with van der Waals surface area (Å²) in [5, 5.41) is 21.7. The lowest BCUT2D eigenvalue weighted by Crippen LogP contribution is -2.46. The molecule has 1 aromatic carbocycles. The lowest BCUT2D eigenvalue weighted by atomic mass is 9.59. The van der Waals surface area contributed by atoms with E-state index in [0.29, 0.717) is 25.2 Å². The average Bonchev–Trinajstić information content (AvgIpc) is 2.93. The number of aliphatic hydroxyl groups excluding tert-OH is 1. The third-order valence-electron chi connectivity index (χ3n) is 10.4. The van der Waals surface area contributed by atoms with Gasteiger partial charge in [-0.2, -0.15) is 18.4 Å². The Hall–Kier alpha value is -2.51. The number of pyridine rings is 1. The van der Waals surface area contributed by atoms with Gasteiger partial charge in [0.05, 0.1) is 36.5 Å². The van der Waals surface area contributed by atoms with E-state index in [9.17, 15) is 23.5 Å². The van der Waals surface area contributed by atoms with Crippen molar-refractivity contribution in [3.63, 3.8) is 0 Å². The van der Waals surface area contributed by atoms with Crippen LogP contribution in [0.15, 0.2) is 24.3 Å². The van der Waals surface area contributed by atoms with Crippen LogP contribution in [0.4, 0.5) is 13.2 Å². The molecule has 0 saturated heterocycles. The maximum Gasteiger partial charge on any atom is 0.417 e. The summed E-state index contributed by atoms with van der Waals surface area (Å²) in [6.07, 6.45) is 1.75. The largest absolute Gasteiger partial charge is 0.417 e. The van der Waals surface area contributed by atoms with Crippen molar-refractivity contribution in [2.24, 2.45) is 5.41 Å². The molecule has 0 bridgehead atoms. The number of ether oxygens (including phenoxy) is 1. The van der Waals surface area contributed by atoms with Crippen LogP contribution in [0.1, 0.15) is 130 Å². The normalized spacial score (nSPS) is 21.0. The van der Waals surface area contributed by atoms with E-state index in [1.165, 1.54) is 18.6 Å². The zero-order chi connectivity index (χ0) is 32.2. The van der Waals surface area contributed by atoms with Crippen LogP contribution in [-0.4, -0.2) is 31.6 Å². The number of hydrogen-bond acceptors (Lipinski definition) is 5. The molecule has 238 valence electrons. The standard InChI is InChI=1S/C35H45F3N2O3Si/c1-21(2)31-30(32(41)23-9-10-25(35(36,37)38)24(17-23)20-39)28(22-11-15-42-16-12-22)29-26(40-31)18-34(13-8-14-34)19-27(29)43-44(6,7)33(3,4)5/h9-11,17,21,27,32,41H,8,12-16,18-19H2,1-7H3. The number of benzene rings is 1. The molecule has 1 aromatic heterocycles.